The molecule has 0 saturated carbocycles. The summed E-state index contributed by atoms with van der Waals surface area (Å²) in [5.41, 5.74) is -0.837. The van der Waals surface area contributed by atoms with Crippen molar-refractivity contribution in [2.75, 3.05) is 17.1 Å². The number of alkyl halides is 3. The summed E-state index contributed by atoms with van der Waals surface area (Å²) < 4.78 is 66.1. The molecular formula is C24H30ClF3N2O3S. The van der Waals surface area contributed by atoms with E-state index in [-0.39, 0.29) is 17.5 Å². The van der Waals surface area contributed by atoms with E-state index in [1.165, 1.54) is 30.3 Å². The standard InChI is InChI=1S/C24H30ClF3N2O3S/c1-4-6-7-17(5-2)15-29-23(31)19-10-8-18(9-11-19)16-30(34(3,32)33)22-13-12-20(25)14-21(22)24(26,27)28/h8-14,17H,4-7,15-16H2,1-3H3,(H,29,31)/t17-/m1/s1. The number of anilines is 1. The van der Waals surface area contributed by atoms with Crippen LogP contribution in [-0.4, -0.2) is 27.1 Å². The third kappa shape index (κ3) is 7.91. The molecule has 0 aromatic heterocycles. The van der Waals surface area contributed by atoms with E-state index >= 15 is 0 Å². The highest BCUT2D eigenvalue weighted by molar-refractivity contribution is 7.92. The van der Waals surface area contributed by atoms with Gasteiger partial charge in [0.25, 0.3) is 5.91 Å². The van der Waals surface area contributed by atoms with Gasteiger partial charge in [-0.25, -0.2) is 8.42 Å². The van der Waals surface area contributed by atoms with Gasteiger partial charge in [0.1, 0.15) is 0 Å². The molecule has 0 radical (unpaired) electrons. The fraction of sp³-hybridized carbons (Fsp3) is 0.458. The number of sulfonamides is 1. The van der Waals surface area contributed by atoms with Gasteiger partial charge in [0, 0.05) is 17.1 Å². The predicted molar refractivity (Wildman–Crippen MR) is 130 cm³/mol. The van der Waals surface area contributed by atoms with Gasteiger partial charge in [-0.3, -0.25) is 9.10 Å². The Morgan fingerprint density at radius 2 is 1.76 bits per heavy atom. The largest absolute Gasteiger partial charge is 0.418 e. The van der Waals surface area contributed by atoms with E-state index in [9.17, 15) is 26.4 Å². The van der Waals surface area contributed by atoms with Gasteiger partial charge in [0.2, 0.25) is 10.0 Å². The van der Waals surface area contributed by atoms with Crippen molar-refractivity contribution in [3.05, 3.63) is 64.2 Å². The van der Waals surface area contributed by atoms with Crippen molar-refractivity contribution in [1.29, 1.82) is 0 Å². The second kappa shape index (κ2) is 11.9. The summed E-state index contributed by atoms with van der Waals surface area (Å²) in [6.45, 7) is 4.43. The molecule has 0 aliphatic carbocycles. The maximum atomic E-state index is 13.6. The summed E-state index contributed by atoms with van der Waals surface area (Å²) in [6.07, 6.45) is 0.245. The number of carbonyl (C=O) groups is 1. The fourth-order valence-corrected chi connectivity index (χ4v) is 4.62. The Morgan fingerprint density at radius 1 is 1.12 bits per heavy atom. The van der Waals surface area contributed by atoms with E-state index in [2.05, 4.69) is 19.2 Å². The van der Waals surface area contributed by atoms with Crippen LogP contribution in [0, 0.1) is 5.92 Å². The first-order valence-electron chi connectivity index (χ1n) is 11.1. The van der Waals surface area contributed by atoms with Crippen LogP contribution in [0.15, 0.2) is 42.5 Å². The van der Waals surface area contributed by atoms with Crippen LogP contribution in [0.5, 0.6) is 0 Å². The minimum atomic E-state index is -4.79. The molecule has 5 nitrogen and oxygen atoms in total. The van der Waals surface area contributed by atoms with Crippen LogP contribution < -0.4 is 9.62 Å². The van der Waals surface area contributed by atoms with Crippen LogP contribution in [0.2, 0.25) is 5.02 Å². The highest BCUT2D eigenvalue weighted by Crippen LogP contribution is 2.39. The zero-order valence-electron chi connectivity index (χ0n) is 19.5. The number of hydrogen-bond donors (Lipinski definition) is 1. The normalized spacial score (nSPS) is 12.9. The van der Waals surface area contributed by atoms with Crippen molar-refractivity contribution in [1.82, 2.24) is 5.32 Å². The van der Waals surface area contributed by atoms with Crippen molar-refractivity contribution >= 4 is 33.2 Å². The molecule has 0 bridgehead atoms. The molecule has 34 heavy (non-hydrogen) atoms. The molecule has 0 spiro atoms. The zero-order valence-corrected chi connectivity index (χ0v) is 21.0. The molecule has 1 N–H and O–H groups in total. The summed E-state index contributed by atoms with van der Waals surface area (Å²) in [5.74, 6) is 0.146. The number of carbonyl (C=O) groups excluding carboxylic acids is 1. The lowest BCUT2D eigenvalue weighted by Gasteiger charge is -2.26. The first kappa shape index (κ1) is 28.0. The van der Waals surface area contributed by atoms with Gasteiger partial charge < -0.3 is 5.32 Å². The quantitative estimate of drug-likeness (QED) is 0.381. The van der Waals surface area contributed by atoms with Crippen LogP contribution in [-0.2, 0) is 22.7 Å². The van der Waals surface area contributed by atoms with E-state index in [4.69, 9.17) is 11.6 Å². The summed E-state index contributed by atoms with van der Waals surface area (Å²) in [7, 11) is -4.06. The number of unbranched alkanes of at least 4 members (excludes halogenated alkanes) is 1. The summed E-state index contributed by atoms with van der Waals surface area (Å²) in [5, 5.41) is 2.76. The molecule has 0 unspecified atom stereocenters. The van der Waals surface area contributed by atoms with Crippen molar-refractivity contribution in [3.63, 3.8) is 0 Å². The first-order chi connectivity index (χ1) is 15.9. The summed E-state index contributed by atoms with van der Waals surface area (Å²) in [6, 6.07) is 9.08. The van der Waals surface area contributed by atoms with Gasteiger partial charge >= 0.3 is 6.18 Å². The highest BCUT2D eigenvalue weighted by Gasteiger charge is 2.37. The van der Waals surface area contributed by atoms with Gasteiger partial charge in [-0.1, -0.05) is 56.8 Å². The lowest BCUT2D eigenvalue weighted by molar-refractivity contribution is -0.137. The molecule has 0 aliphatic heterocycles. The Hall–Kier alpha value is -2.26. The van der Waals surface area contributed by atoms with Crippen molar-refractivity contribution in [2.24, 2.45) is 5.92 Å². The lowest BCUT2D eigenvalue weighted by atomic mass is 9.99. The molecule has 0 aliphatic rings. The first-order valence-corrected chi connectivity index (χ1v) is 13.3. The molecule has 2 aromatic rings. The second-order valence-electron chi connectivity index (χ2n) is 8.25. The molecule has 1 amide bonds. The number of nitrogens with one attached hydrogen (secondary N) is 1. The van der Waals surface area contributed by atoms with E-state index in [1.807, 2.05) is 0 Å². The predicted octanol–water partition coefficient (Wildman–Crippen LogP) is 6.27. The zero-order chi connectivity index (χ0) is 25.5. The van der Waals surface area contributed by atoms with E-state index in [1.54, 1.807) is 0 Å². The van der Waals surface area contributed by atoms with E-state index < -0.39 is 27.5 Å². The molecular weight excluding hydrogens is 489 g/mol. The van der Waals surface area contributed by atoms with Crippen LogP contribution in [0.4, 0.5) is 18.9 Å². The smallest absolute Gasteiger partial charge is 0.352 e. The lowest BCUT2D eigenvalue weighted by Crippen LogP contribution is -2.31. The minimum absolute atomic E-state index is 0.153. The van der Waals surface area contributed by atoms with Crippen molar-refractivity contribution in [2.45, 2.75) is 52.3 Å². The molecule has 0 fully saturated rings. The van der Waals surface area contributed by atoms with Gasteiger partial charge in [0.15, 0.2) is 0 Å². The van der Waals surface area contributed by atoms with E-state index in [0.717, 1.165) is 38.0 Å². The topological polar surface area (TPSA) is 66.5 Å². The highest BCUT2D eigenvalue weighted by atomic mass is 35.5. The van der Waals surface area contributed by atoms with Gasteiger partial charge in [-0.05, 0) is 48.2 Å². The molecule has 188 valence electrons. The van der Waals surface area contributed by atoms with Crippen LogP contribution in [0.3, 0.4) is 0 Å². The SMILES string of the molecule is CCCC[C@@H](CC)CNC(=O)c1ccc(CN(c2ccc(Cl)cc2C(F)(F)F)S(C)(=O)=O)cc1. The molecule has 2 rings (SSSR count). The van der Waals surface area contributed by atoms with Crippen LogP contribution in [0.25, 0.3) is 0 Å². The number of amides is 1. The summed E-state index contributed by atoms with van der Waals surface area (Å²) in [4.78, 5) is 12.5. The average molecular weight is 519 g/mol. The molecule has 0 saturated heterocycles. The molecule has 0 heterocycles. The number of halogens is 4. The van der Waals surface area contributed by atoms with Crippen molar-refractivity contribution in [3.8, 4) is 0 Å². The second-order valence-corrected chi connectivity index (χ2v) is 10.6. The Labute approximate surface area is 204 Å². The fourth-order valence-electron chi connectivity index (χ4n) is 3.54. The maximum absolute atomic E-state index is 13.6. The molecule has 10 heteroatoms. The van der Waals surface area contributed by atoms with Crippen molar-refractivity contribution < 1.29 is 26.4 Å². The number of hydrogen-bond acceptors (Lipinski definition) is 3. The number of nitrogens with zero attached hydrogens (tertiary/aromatic N) is 1. The Morgan fingerprint density at radius 3 is 2.29 bits per heavy atom. The van der Waals surface area contributed by atoms with Crippen LogP contribution >= 0.6 is 11.6 Å². The monoisotopic (exact) mass is 518 g/mol. The third-order valence-corrected chi connectivity index (χ3v) is 6.93. The third-order valence-electron chi connectivity index (χ3n) is 5.57. The minimum Gasteiger partial charge on any atom is -0.352 e. The number of benzene rings is 2. The average Bonchev–Trinajstić information content (AvgIpc) is 2.76. The molecule has 1 atom stereocenters. The van der Waals surface area contributed by atoms with Crippen LogP contribution in [0.1, 0.15) is 61.0 Å². The van der Waals surface area contributed by atoms with Gasteiger partial charge in [-0.15, -0.1) is 0 Å². The van der Waals surface area contributed by atoms with Gasteiger partial charge in [0.05, 0.1) is 24.1 Å². The maximum Gasteiger partial charge on any atom is 0.418 e. The molecule has 2 aromatic carbocycles. The van der Waals surface area contributed by atoms with Gasteiger partial charge in [-0.2, -0.15) is 13.2 Å². The number of rotatable bonds is 11. The Kier molecular flexibility index (Phi) is 9.82. The van der Waals surface area contributed by atoms with E-state index in [0.29, 0.717) is 34.0 Å². The summed E-state index contributed by atoms with van der Waals surface area (Å²) >= 11 is 5.72. The Bertz CT molecular complexity index is 1070. The Balaban J connectivity index is 2.21.